The molecule has 2 unspecified atom stereocenters. The number of aryl methyl sites for hydroxylation is 2. The standard InChI is InChI=1S/C17H23NO4/c1-10-5-6-11(2)14(9-10)15(19)7-8-16(20)18-13(4)12(3)17(21)22/h5-6,9,12-13H,7-8H2,1-4H3,(H,18,20)(H,21,22). The number of carboxylic acids is 1. The largest absolute Gasteiger partial charge is 0.481 e. The Labute approximate surface area is 130 Å². The molecule has 1 aromatic carbocycles. The van der Waals surface area contributed by atoms with Crippen LogP contribution in [0.15, 0.2) is 18.2 Å². The quantitative estimate of drug-likeness (QED) is 0.758. The van der Waals surface area contributed by atoms with E-state index in [4.69, 9.17) is 5.11 Å². The van der Waals surface area contributed by atoms with Crippen LogP contribution in [0.5, 0.6) is 0 Å². The average molecular weight is 305 g/mol. The lowest BCUT2D eigenvalue weighted by Crippen LogP contribution is -2.40. The van der Waals surface area contributed by atoms with Gasteiger partial charge in [-0.05, 0) is 39.3 Å². The molecule has 1 aromatic rings. The van der Waals surface area contributed by atoms with Crippen molar-refractivity contribution in [1.29, 1.82) is 0 Å². The number of nitrogens with one attached hydrogen (secondary N) is 1. The minimum atomic E-state index is -0.959. The molecule has 5 heteroatoms. The third-order valence-corrected chi connectivity index (χ3v) is 3.80. The molecule has 0 aliphatic carbocycles. The Morgan fingerprint density at radius 3 is 2.36 bits per heavy atom. The molecule has 1 rings (SSSR count). The molecule has 5 nitrogen and oxygen atoms in total. The van der Waals surface area contributed by atoms with E-state index in [9.17, 15) is 14.4 Å². The lowest BCUT2D eigenvalue weighted by molar-refractivity contribution is -0.142. The zero-order valence-electron chi connectivity index (χ0n) is 13.5. The number of benzene rings is 1. The smallest absolute Gasteiger partial charge is 0.308 e. The fourth-order valence-electron chi connectivity index (χ4n) is 2.06. The number of amides is 1. The SMILES string of the molecule is Cc1ccc(C)c(C(=O)CCC(=O)NC(C)C(C)C(=O)O)c1. The van der Waals surface area contributed by atoms with E-state index in [0.29, 0.717) is 5.56 Å². The molecule has 0 bridgehead atoms. The van der Waals surface area contributed by atoms with Crippen LogP contribution in [0.3, 0.4) is 0 Å². The lowest BCUT2D eigenvalue weighted by Gasteiger charge is -2.17. The van der Waals surface area contributed by atoms with Crippen LogP contribution < -0.4 is 5.32 Å². The molecule has 0 aliphatic rings. The Morgan fingerprint density at radius 2 is 1.77 bits per heavy atom. The van der Waals surface area contributed by atoms with Gasteiger partial charge in [0.25, 0.3) is 0 Å². The number of hydrogen-bond acceptors (Lipinski definition) is 3. The van der Waals surface area contributed by atoms with Gasteiger partial charge in [-0.3, -0.25) is 14.4 Å². The topological polar surface area (TPSA) is 83.5 Å². The summed E-state index contributed by atoms with van der Waals surface area (Å²) >= 11 is 0. The summed E-state index contributed by atoms with van der Waals surface area (Å²) in [6.07, 6.45) is 0.174. The first-order valence-corrected chi connectivity index (χ1v) is 7.35. The van der Waals surface area contributed by atoms with Gasteiger partial charge >= 0.3 is 5.97 Å². The summed E-state index contributed by atoms with van der Waals surface area (Å²) in [6, 6.07) is 5.18. The monoisotopic (exact) mass is 305 g/mol. The molecule has 0 radical (unpaired) electrons. The van der Waals surface area contributed by atoms with Gasteiger partial charge in [0.05, 0.1) is 5.92 Å². The van der Waals surface area contributed by atoms with Gasteiger partial charge < -0.3 is 10.4 Å². The van der Waals surface area contributed by atoms with Crippen molar-refractivity contribution >= 4 is 17.7 Å². The number of rotatable bonds is 7. The highest BCUT2D eigenvalue weighted by atomic mass is 16.4. The second-order valence-corrected chi connectivity index (χ2v) is 5.72. The Kier molecular flexibility index (Phi) is 6.28. The second-order valence-electron chi connectivity index (χ2n) is 5.72. The van der Waals surface area contributed by atoms with Gasteiger partial charge in [-0.15, -0.1) is 0 Å². The predicted octanol–water partition coefficient (Wildman–Crippen LogP) is 2.49. The average Bonchev–Trinajstić information content (AvgIpc) is 2.46. The zero-order valence-corrected chi connectivity index (χ0v) is 13.5. The van der Waals surface area contributed by atoms with Gasteiger partial charge in [0.15, 0.2) is 5.78 Å². The molecule has 1 amide bonds. The minimum absolute atomic E-state index is 0.0584. The first-order valence-electron chi connectivity index (χ1n) is 7.35. The Bertz CT molecular complexity index is 580. The first-order chi connectivity index (χ1) is 10.2. The number of carbonyl (C=O) groups is 3. The summed E-state index contributed by atoms with van der Waals surface area (Å²) in [4.78, 5) is 34.8. The third-order valence-electron chi connectivity index (χ3n) is 3.80. The van der Waals surface area contributed by atoms with E-state index in [1.54, 1.807) is 6.92 Å². The molecule has 0 aliphatic heterocycles. The van der Waals surface area contributed by atoms with Gasteiger partial charge in [0.1, 0.15) is 0 Å². The van der Waals surface area contributed by atoms with Crippen LogP contribution in [0.4, 0.5) is 0 Å². The fraction of sp³-hybridized carbons (Fsp3) is 0.471. The number of hydrogen-bond donors (Lipinski definition) is 2. The fourth-order valence-corrected chi connectivity index (χ4v) is 2.06. The van der Waals surface area contributed by atoms with Crippen LogP contribution in [0.2, 0.25) is 0 Å². The van der Waals surface area contributed by atoms with Crippen LogP contribution >= 0.6 is 0 Å². The minimum Gasteiger partial charge on any atom is -0.481 e. The maximum absolute atomic E-state index is 12.2. The van der Waals surface area contributed by atoms with Crippen LogP contribution in [0, 0.1) is 19.8 Å². The van der Waals surface area contributed by atoms with E-state index >= 15 is 0 Å². The summed E-state index contributed by atoms with van der Waals surface area (Å²) in [5.41, 5.74) is 2.53. The Balaban J connectivity index is 2.55. The van der Waals surface area contributed by atoms with E-state index in [0.717, 1.165) is 11.1 Å². The summed E-state index contributed by atoms with van der Waals surface area (Å²) in [5, 5.41) is 11.5. The van der Waals surface area contributed by atoms with E-state index in [2.05, 4.69) is 5.32 Å². The van der Waals surface area contributed by atoms with Crippen molar-refractivity contribution in [3.05, 3.63) is 34.9 Å². The van der Waals surface area contributed by atoms with E-state index in [1.165, 1.54) is 6.92 Å². The molecule has 0 aromatic heterocycles. The maximum atomic E-state index is 12.2. The van der Waals surface area contributed by atoms with E-state index in [-0.39, 0.29) is 24.5 Å². The van der Waals surface area contributed by atoms with Crippen molar-refractivity contribution in [2.24, 2.45) is 5.92 Å². The molecule has 22 heavy (non-hydrogen) atoms. The van der Waals surface area contributed by atoms with Gasteiger partial charge in [0.2, 0.25) is 5.91 Å². The molecule has 0 saturated carbocycles. The summed E-state index contributed by atoms with van der Waals surface area (Å²) in [5.74, 6) is -2.01. The molecule has 0 saturated heterocycles. The zero-order chi connectivity index (χ0) is 16.9. The molecule has 120 valence electrons. The van der Waals surface area contributed by atoms with Gasteiger partial charge in [-0.25, -0.2) is 0 Å². The summed E-state index contributed by atoms with van der Waals surface area (Å²) in [7, 11) is 0. The van der Waals surface area contributed by atoms with E-state index < -0.39 is 17.9 Å². The molecule has 2 atom stereocenters. The number of ketones is 1. The molecule has 0 spiro atoms. The highest BCUT2D eigenvalue weighted by molar-refractivity contribution is 5.99. The van der Waals surface area contributed by atoms with Gasteiger partial charge in [0, 0.05) is 24.4 Å². The van der Waals surface area contributed by atoms with Gasteiger partial charge in [-0.2, -0.15) is 0 Å². The van der Waals surface area contributed by atoms with Crippen LogP contribution in [0.25, 0.3) is 0 Å². The van der Waals surface area contributed by atoms with Crippen LogP contribution in [-0.4, -0.2) is 28.8 Å². The van der Waals surface area contributed by atoms with Crippen molar-refractivity contribution in [2.45, 2.75) is 46.6 Å². The molecular weight excluding hydrogens is 282 g/mol. The van der Waals surface area contributed by atoms with Crippen LogP contribution in [-0.2, 0) is 9.59 Å². The molecule has 2 N–H and O–H groups in total. The summed E-state index contributed by atoms with van der Waals surface area (Å²) < 4.78 is 0. The Hall–Kier alpha value is -2.17. The lowest BCUT2D eigenvalue weighted by atomic mass is 9.99. The van der Waals surface area contributed by atoms with Crippen LogP contribution in [0.1, 0.15) is 48.2 Å². The van der Waals surface area contributed by atoms with Crippen molar-refractivity contribution in [2.75, 3.05) is 0 Å². The number of carboxylic acid groups (broad SMARTS) is 1. The first kappa shape index (κ1) is 17.9. The van der Waals surface area contributed by atoms with E-state index in [1.807, 2.05) is 32.0 Å². The van der Waals surface area contributed by atoms with Gasteiger partial charge in [-0.1, -0.05) is 17.7 Å². The van der Waals surface area contributed by atoms with Crippen molar-refractivity contribution < 1.29 is 19.5 Å². The predicted molar refractivity (Wildman–Crippen MR) is 83.9 cm³/mol. The Morgan fingerprint density at radius 1 is 1.14 bits per heavy atom. The van der Waals surface area contributed by atoms with Crippen molar-refractivity contribution in [3.63, 3.8) is 0 Å². The summed E-state index contributed by atoms with van der Waals surface area (Å²) in [6.45, 7) is 6.96. The molecule has 0 heterocycles. The highest BCUT2D eigenvalue weighted by Crippen LogP contribution is 2.14. The maximum Gasteiger partial charge on any atom is 0.308 e. The molecular formula is C17H23NO4. The second kappa shape index (κ2) is 7.73. The van der Waals surface area contributed by atoms with Crippen molar-refractivity contribution in [3.8, 4) is 0 Å². The normalized spacial score (nSPS) is 13.3. The highest BCUT2D eigenvalue weighted by Gasteiger charge is 2.21. The number of carbonyl (C=O) groups excluding carboxylic acids is 2. The number of Topliss-reactive ketones (excluding diaryl/α,β-unsaturated/α-hetero) is 1. The molecule has 0 fully saturated rings. The number of aliphatic carboxylic acids is 1. The van der Waals surface area contributed by atoms with Crippen molar-refractivity contribution in [1.82, 2.24) is 5.32 Å². The third kappa shape index (κ3) is 4.98.